The zero-order valence-electron chi connectivity index (χ0n) is 30.8. The van der Waals surface area contributed by atoms with Crippen LogP contribution in [-0.2, 0) is 40.3 Å². The number of thiophene rings is 2. The van der Waals surface area contributed by atoms with Crippen LogP contribution < -0.4 is 16.0 Å². The Morgan fingerprint density at radius 1 is 0.774 bits per heavy atom. The molecule has 14 heteroatoms. The fraction of sp³-hybridized carbons (Fsp3) is 0.359. The van der Waals surface area contributed by atoms with Crippen LogP contribution in [0.25, 0.3) is 41.6 Å². The van der Waals surface area contributed by atoms with Gasteiger partial charge in [0.2, 0.25) is 11.8 Å². The Bertz CT molecular complexity index is 2380. The first kappa shape index (κ1) is 37.1. The van der Waals surface area contributed by atoms with Gasteiger partial charge in [-0.05, 0) is 101 Å². The van der Waals surface area contributed by atoms with Crippen LogP contribution in [0.3, 0.4) is 0 Å². The van der Waals surface area contributed by atoms with Gasteiger partial charge in [0.1, 0.15) is 25.6 Å². The van der Waals surface area contributed by atoms with Crippen LogP contribution in [0.15, 0.2) is 36.4 Å². The largest absolute Gasteiger partial charge is 0.444 e. The summed E-state index contributed by atoms with van der Waals surface area (Å²) in [5.74, 6) is -0.148. The van der Waals surface area contributed by atoms with Gasteiger partial charge >= 0.3 is 6.09 Å². The number of carbonyl (C=O) groups is 3. The fourth-order valence-corrected chi connectivity index (χ4v) is 11.2. The number of nitrogens with one attached hydrogen (secondary N) is 3. The molecule has 10 nitrogen and oxygen atoms in total. The Morgan fingerprint density at radius 2 is 1.30 bits per heavy atom. The lowest BCUT2D eigenvalue weighted by Crippen LogP contribution is -2.39. The lowest BCUT2D eigenvalue weighted by atomic mass is 10.0. The summed E-state index contributed by atoms with van der Waals surface area (Å²) in [6.07, 6.45) is 1.38. The molecule has 0 radical (unpaired) electrons. The van der Waals surface area contributed by atoms with Gasteiger partial charge < -0.3 is 25.6 Å². The minimum atomic E-state index is -0.529. The van der Waals surface area contributed by atoms with Crippen molar-refractivity contribution in [2.24, 2.45) is 0 Å². The van der Waals surface area contributed by atoms with E-state index in [9.17, 15) is 14.4 Å². The third-order valence-electron chi connectivity index (χ3n) is 8.73. The maximum Gasteiger partial charge on any atom is 0.410 e. The van der Waals surface area contributed by atoms with Crippen LogP contribution in [-0.4, -0.2) is 51.5 Å². The molecule has 53 heavy (non-hydrogen) atoms. The topological polar surface area (TPSA) is 126 Å². The maximum absolute atomic E-state index is 12.5. The summed E-state index contributed by atoms with van der Waals surface area (Å²) in [5, 5.41) is 13.0. The molecule has 3 N–H and O–H groups in total. The molecular weight excluding hydrogens is 745 g/mol. The van der Waals surface area contributed by atoms with E-state index in [1.54, 1.807) is 45.8 Å². The molecule has 0 saturated heterocycles. The third kappa shape index (κ3) is 8.16. The minimum absolute atomic E-state index is 0.0326. The molecule has 0 aliphatic carbocycles. The van der Waals surface area contributed by atoms with Gasteiger partial charge in [-0.15, -0.1) is 45.3 Å². The first-order valence-electron chi connectivity index (χ1n) is 17.5. The SMILES string of the molecule is CC(=O)Nc1sc2c(c1-c1nc3cc(C)ccc3s1)CCN(C(=O)OC(C)(C)C)C2.CC(=O)Nc1sc2c(c1-c1nc3cc(C)ccc3s1)CCNC2. The van der Waals surface area contributed by atoms with Crippen molar-refractivity contribution in [3.05, 3.63) is 68.4 Å². The number of carbonyl (C=O) groups excluding carboxylic acids is 3. The number of rotatable bonds is 4. The number of aryl methyl sites for hydroxylation is 2. The smallest absolute Gasteiger partial charge is 0.410 e. The summed E-state index contributed by atoms with van der Waals surface area (Å²) in [6.45, 7) is 15.7. The maximum atomic E-state index is 12.5. The number of hydrogen-bond donors (Lipinski definition) is 3. The molecule has 276 valence electrons. The predicted molar refractivity (Wildman–Crippen MR) is 220 cm³/mol. The van der Waals surface area contributed by atoms with Crippen molar-refractivity contribution in [3.63, 3.8) is 0 Å². The predicted octanol–water partition coefficient (Wildman–Crippen LogP) is 9.52. The zero-order chi connectivity index (χ0) is 37.6. The first-order valence-corrected chi connectivity index (χ1v) is 20.8. The Kier molecular flexibility index (Phi) is 10.4. The van der Waals surface area contributed by atoms with Crippen LogP contribution in [0.2, 0.25) is 0 Å². The normalized spacial score (nSPS) is 14.0. The third-order valence-corrected chi connectivity index (χ3v) is 13.1. The highest BCUT2D eigenvalue weighted by Gasteiger charge is 2.31. The van der Waals surface area contributed by atoms with E-state index in [1.165, 1.54) is 50.1 Å². The van der Waals surface area contributed by atoms with Crippen molar-refractivity contribution in [3.8, 4) is 21.1 Å². The van der Waals surface area contributed by atoms with Crippen molar-refractivity contribution in [2.45, 2.75) is 80.0 Å². The van der Waals surface area contributed by atoms with Gasteiger partial charge in [0.15, 0.2) is 0 Å². The molecule has 2 aliphatic heterocycles. The molecule has 0 bridgehead atoms. The molecular formula is C39H42N6O4S4. The number of ether oxygens (including phenoxy) is 1. The van der Waals surface area contributed by atoms with Gasteiger partial charge in [0.25, 0.3) is 0 Å². The molecule has 0 spiro atoms. The summed E-state index contributed by atoms with van der Waals surface area (Å²) >= 11 is 6.53. The average molecular weight is 787 g/mol. The van der Waals surface area contributed by atoms with E-state index in [2.05, 4.69) is 66.2 Å². The Hall–Kier alpha value is -4.21. The van der Waals surface area contributed by atoms with Gasteiger partial charge in [0.05, 0.1) is 27.0 Å². The van der Waals surface area contributed by atoms with E-state index in [0.717, 1.165) is 71.3 Å². The molecule has 2 aromatic carbocycles. The highest BCUT2D eigenvalue weighted by Crippen LogP contribution is 2.47. The molecule has 0 fully saturated rings. The van der Waals surface area contributed by atoms with Gasteiger partial charge in [-0.3, -0.25) is 9.59 Å². The molecule has 0 unspecified atom stereocenters. The number of benzene rings is 2. The average Bonchev–Trinajstić information content (AvgIpc) is 3.84. The van der Waals surface area contributed by atoms with Gasteiger partial charge in [-0.25, -0.2) is 14.8 Å². The molecule has 2 aliphatic rings. The fourth-order valence-electron chi connectivity index (χ4n) is 6.46. The van der Waals surface area contributed by atoms with E-state index < -0.39 is 5.60 Å². The van der Waals surface area contributed by atoms with Gasteiger partial charge in [-0.1, -0.05) is 12.1 Å². The van der Waals surface area contributed by atoms with E-state index in [-0.39, 0.29) is 17.9 Å². The standard InChI is InChI=1S/C22H25N3O3S2.C17H17N3OS2/c1-12-6-7-16-15(10-12)24-20(29-16)18-14-8-9-25(21(27)28-22(3,4)5)11-17(14)30-19(18)23-13(2)26;1-9-3-4-13-12(7-9)20-17(22-13)15-11-5-6-18-8-14(11)23-16(15)19-10(2)21/h6-7,10H,8-9,11H2,1-5H3,(H,23,26);3-4,7,18H,5-6,8H2,1-2H3,(H,19,21). The number of hydrogen-bond acceptors (Lipinski definition) is 11. The second kappa shape index (κ2) is 14.9. The van der Waals surface area contributed by atoms with Crippen molar-refractivity contribution in [2.75, 3.05) is 23.7 Å². The molecule has 3 amide bonds. The summed E-state index contributed by atoms with van der Waals surface area (Å²) in [7, 11) is 0. The van der Waals surface area contributed by atoms with Crippen molar-refractivity contribution in [1.29, 1.82) is 0 Å². The van der Waals surface area contributed by atoms with E-state index >= 15 is 0 Å². The highest BCUT2D eigenvalue weighted by atomic mass is 32.1. The van der Waals surface area contributed by atoms with Crippen molar-refractivity contribution < 1.29 is 19.1 Å². The number of aromatic nitrogens is 2. The van der Waals surface area contributed by atoms with Gasteiger partial charge in [-0.2, -0.15) is 0 Å². The molecule has 6 aromatic rings. The summed E-state index contributed by atoms with van der Waals surface area (Å²) in [4.78, 5) is 49.8. The lowest BCUT2D eigenvalue weighted by molar-refractivity contribution is -0.115. The summed E-state index contributed by atoms with van der Waals surface area (Å²) in [5.41, 5.74) is 8.48. The van der Waals surface area contributed by atoms with Crippen molar-refractivity contribution in [1.82, 2.24) is 20.2 Å². The Balaban J connectivity index is 0.000000170. The second-order valence-corrected chi connectivity index (χ2v) is 18.6. The Morgan fingerprint density at radius 3 is 1.83 bits per heavy atom. The molecule has 4 aromatic heterocycles. The number of amides is 3. The quantitative estimate of drug-likeness (QED) is 0.163. The summed E-state index contributed by atoms with van der Waals surface area (Å²) < 4.78 is 7.85. The van der Waals surface area contributed by atoms with Crippen LogP contribution in [0.1, 0.15) is 66.6 Å². The van der Waals surface area contributed by atoms with E-state index in [1.807, 2.05) is 20.8 Å². The second-order valence-electron chi connectivity index (χ2n) is 14.3. The van der Waals surface area contributed by atoms with E-state index in [0.29, 0.717) is 19.5 Å². The monoisotopic (exact) mass is 786 g/mol. The molecule has 6 heterocycles. The Labute approximate surface area is 324 Å². The number of fused-ring (bicyclic) bond motifs is 4. The minimum Gasteiger partial charge on any atom is -0.444 e. The molecule has 0 atom stereocenters. The highest BCUT2D eigenvalue weighted by molar-refractivity contribution is 7.23. The molecule has 8 rings (SSSR count). The van der Waals surface area contributed by atoms with Gasteiger partial charge in [0, 0.05) is 47.8 Å². The number of thiazole rings is 2. The zero-order valence-corrected chi connectivity index (χ0v) is 34.1. The van der Waals surface area contributed by atoms with Crippen LogP contribution in [0.4, 0.5) is 14.8 Å². The van der Waals surface area contributed by atoms with Crippen LogP contribution >= 0.6 is 45.3 Å². The molecule has 0 saturated carbocycles. The first-order chi connectivity index (χ1) is 25.2. The van der Waals surface area contributed by atoms with Crippen LogP contribution in [0, 0.1) is 13.8 Å². The van der Waals surface area contributed by atoms with Crippen LogP contribution in [0.5, 0.6) is 0 Å². The number of anilines is 2. The lowest BCUT2D eigenvalue weighted by Gasteiger charge is -2.30. The summed E-state index contributed by atoms with van der Waals surface area (Å²) in [6, 6.07) is 12.6. The van der Waals surface area contributed by atoms with Crippen molar-refractivity contribution >= 4 is 93.7 Å². The number of nitrogens with zero attached hydrogens (tertiary/aromatic N) is 3. The van der Waals surface area contributed by atoms with E-state index in [4.69, 9.17) is 14.7 Å².